The summed E-state index contributed by atoms with van der Waals surface area (Å²) < 4.78 is 28.1. The van der Waals surface area contributed by atoms with Crippen LogP contribution in [-0.4, -0.2) is 68.7 Å². The van der Waals surface area contributed by atoms with Crippen molar-refractivity contribution in [3.63, 3.8) is 0 Å². The van der Waals surface area contributed by atoms with Crippen molar-refractivity contribution in [1.29, 1.82) is 0 Å². The Labute approximate surface area is 130 Å². The van der Waals surface area contributed by atoms with E-state index in [1.165, 1.54) is 17.8 Å². The van der Waals surface area contributed by atoms with Crippen LogP contribution in [0.1, 0.15) is 25.1 Å². The zero-order valence-electron chi connectivity index (χ0n) is 12.6. The molecule has 0 saturated carbocycles. The molecule has 1 fully saturated rings. The van der Waals surface area contributed by atoms with Gasteiger partial charge >= 0.3 is 0 Å². The summed E-state index contributed by atoms with van der Waals surface area (Å²) in [6.45, 7) is 7.80. The van der Waals surface area contributed by atoms with Crippen molar-refractivity contribution >= 4 is 21.5 Å². The number of nitrogens with zero attached hydrogens (tertiary/aromatic N) is 3. The Bertz CT molecular complexity index is 511. The highest BCUT2D eigenvalue weighted by molar-refractivity contribution is 7.86. The first-order valence-electron chi connectivity index (χ1n) is 7.19. The van der Waals surface area contributed by atoms with Gasteiger partial charge in [-0.25, -0.2) is 4.98 Å². The van der Waals surface area contributed by atoms with Gasteiger partial charge in [0.05, 0.1) is 17.5 Å². The third-order valence-electron chi connectivity index (χ3n) is 3.50. The zero-order valence-corrected chi connectivity index (χ0v) is 14.2. The highest BCUT2D eigenvalue weighted by atomic mass is 32.2. The molecule has 8 heteroatoms. The smallest absolute Gasteiger partial charge is 0.265 e. The maximum Gasteiger partial charge on any atom is 0.265 e. The highest BCUT2D eigenvalue weighted by Crippen LogP contribution is 2.21. The normalized spacial score (nSPS) is 19.7. The third kappa shape index (κ3) is 5.63. The van der Waals surface area contributed by atoms with Gasteiger partial charge in [0.2, 0.25) is 0 Å². The summed E-state index contributed by atoms with van der Waals surface area (Å²) in [7, 11) is -3.49. The lowest BCUT2D eigenvalue weighted by molar-refractivity contribution is 0.0857. The molecular formula is C13H23N3O3S2. The highest BCUT2D eigenvalue weighted by Gasteiger charge is 2.25. The molecule has 1 aromatic rings. The van der Waals surface area contributed by atoms with Crippen LogP contribution in [0.2, 0.25) is 0 Å². The molecule has 0 bridgehead atoms. The largest absolute Gasteiger partial charge is 0.301 e. The molecule has 1 unspecified atom stereocenters. The number of aromatic nitrogens is 1. The maximum atomic E-state index is 11.4. The maximum absolute atomic E-state index is 11.4. The standard InChI is InChI=1S/C13H23N3O3S2/c1-3-4-15-5-7-16(8-6-15)9-13(19-21(2,17)18)12-10-20-11-14-12/h10-11,13H,3-9H2,1-2H3. The van der Waals surface area contributed by atoms with Crippen molar-refractivity contribution in [3.05, 3.63) is 16.6 Å². The first-order valence-corrected chi connectivity index (χ1v) is 9.95. The number of rotatable bonds is 7. The lowest BCUT2D eigenvalue weighted by Gasteiger charge is -2.35. The fraction of sp³-hybridized carbons (Fsp3) is 0.769. The van der Waals surface area contributed by atoms with Gasteiger partial charge in [0.15, 0.2) is 0 Å². The van der Waals surface area contributed by atoms with Gasteiger partial charge in [-0.3, -0.25) is 9.08 Å². The van der Waals surface area contributed by atoms with Gasteiger partial charge in [-0.15, -0.1) is 11.3 Å². The summed E-state index contributed by atoms with van der Waals surface area (Å²) in [5.41, 5.74) is 2.40. The fourth-order valence-electron chi connectivity index (χ4n) is 2.51. The van der Waals surface area contributed by atoms with E-state index in [-0.39, 0.29) is 0 Å². The van der Waals surface area contributed by atoms with E-state index >= 15 is 0 Å². The Morgan fingerprint density at radius 3 is 2.52 bits per heavy atom. The van der Waals surface area contributed by atoms with Crippen molar-refractivity contribution in [1.82, 2.24) is 14.8 Å². The van der Waals surface area contributed by atoms with E-state index in [0.717, 1.165) is 39.0 Å². The van der Waals surface area contributed by atoms with Gasteiger partial charge in [-0.05, 0) is 13.0 Å². The van der Waals surface area contributed by atoms with E-state index in [4.69, 9.17) is 4.18 Å². The Hall–Kier alpha value is -0.540. The number of piperazine rings is 1. The molecule has 0 radical (unpaired) electrons. The predicted molar refractivity (Wildman–Crippen MR) is 84.0 cm³/mol. The van der Waals surface area contributed by atoms with Crippen molar-refractivity contribution < 1.29 is 12.6 Å². The minimum Gasteiger partial charge on any atom is -0.301 e. The summed E-state index contributed by atoms with van der Waals surface area (Å²) in [5.74, 6) is 0. The fourth-order valence-corrected chi connectivity index (χ4v) is 3.69. The molecule has 0 amide bonds. The number of thiazole rings is 1. The van der Waals surface area contributed by atoms with Crippen molar-refractivity contribution in [2.75, 3.05) is 45.5 Å². The Kier molecular flexibility index (Phi) is 6.12. The van der Waals surface area contributed by atoms with Gasteiger partial charge in [-0.2, -0.15) is 8.42 Å². The van der Waals surface area contributed by atoms with Crippen LogP contribution in [0, 0.1) is 0 Å². The lowest BCUT2D eigenvalue weighted by atomic mass is 10.2. The van der Waals surface area contributed by atoms with Crippen LogP contribution in [0.3, 0.4) is 0 Å². The van der Waals surface area contributed by atoms with Crippen molar-refractivity contribution in [3.8, 4) is 0 Å². The van der Waals surface area contributed by atoms with Crippen LogP contribution in [0.25, 0.3) is 0 Å². The van der Waals surface area contributed by atoms with E-state index in [9.17, 15) is 8.42 Å². The summed E-state index contributed by atoms with van der Waals surface area (Å²) in [6, 6.07) is 0. The first-order chi connectivity index (χ1) is 9.98. The molecule has 0 N–H and O–H groups in total. The number of hydrogen-bond acceptors (Lipinski definition) is 7. The first kappa shape index (κ1) is 16.8. The second-order valence-corrected chi connectivity index (χ2v) is 7.66. The lowest BCUT2D eigenvalue weighted by Crippen LogP contribution is -2.47. The molecule has 0 aliphatic carbocycles. The van der Waals surface area contributed by atoms with Crippen LogP contribution in [0.5, 0.6) is 0 Å². The van der Waals surface area contributed by atoms with Gasteiger partial charge in [0, 0.05) is 38.1 Å². The molecule has 0 spiro atoms. The van der Waals surface area contributed by atoms with E-state index in [1.807, 2.05) is 5.38 Å². The van der Waals surface area contributed by atoms with Crippen molar-refractivity contribution in [2.24, 2.45) is 0 Å². The molecule has 1 saturated heterocycles. The van der Waals surface area contributed by atoms with E-state index in [0.29, 0.717) is 12.2 Å². The van der Waals surface area contributed by atoms with Gasteiger partial charge in [0.25, 0.3) is 10.1 Å². The van der Waals surface area contributed by atoms with Crippen LogP contribution in [0.15, 0.2) is 10.9 Å². The third-order valence-corrected chi connectivity index (χ3v) is 4.69. The second-order valence-electron chi connectivity index (χ2n) is 5.34. The Morgan fingerprint density at radius 1 is 1.33 bits per heavy atom. The second kappa shape index (κ2) is 7.64. The van der Waals surface area contributed by atoms with E-state index < -0.39 is 16.2 Å². The summed E-state index contributed by atoms with van der Waals surface area (Å²) in [5, 5.41) is 1.85. The molecule has 2 rings (SSSR count). The molecule has 0 aromatic carbocycles. The van der Waals surface area contributed by atoms with Crippen LogP contribution in [0.4, 0.5) is 0 Å². The minimum atomic E-state index is -3.49. The minimum absolute atomic E-state index is 0.510. The molecule has 1 atom stereocenters. The topological polar surface area (TPSA) is 62.7 Å². The van der Waals surface area contributed by atoms with Gasteiger partial charge in [0.1, 0.15) is 6.10 Å². The van der Waals surface area contributed by atoms with Gasteiger partial charge < -0.3 is 4.90 Å². The molecule has 1 aliphatic heterocycles. The molecule has 1 aliphatic rings. The molecule has 6 nitrogen and oxygen atoms in total. The van der Waals surface area contributed by atoms with Crippen LogP contribution >= 0.6 is 11.3 Å². The van der Waals surface area contributed by atoms with Crippen LogP contribution < -0.4 is 0 Å². The molecule has 120 valence electrons. The average Bonchev–Trinajstić information content (AvgIpc) is 2.93. The quantitative estimate of drug-likeness (QED) is 0.699. The average molecular weight is 333 g/mol. The summed E-state index contributed by atoms with van der Waals surface area (Å²) >= 11 is 1.45. The molecule has 1 aromatic heterocycles. The van der Waals surface area contributed by atoms with Crippen molar-refractivity contribution in [2.45, 2.75) is 19.4 Å². The SMILES string of the molecule is CCCN1CCN(CC(OS(C)(=O)=O)c2cscn2)CC1. The summed E-state index contributed by atoms with van der Waals surface area (Å²) in [4.78, 5) is 8.89. The molecule has 21 heavy (non-hydrogen) atoms. The zero-order chi connectivity index (χ0) is 15.3. The van der Waals surface area contributed by atoms with Crippen LogP contribution in [-0.2, 0) is 14.3 Å². The molecular weight excluding hydrogens is 310 g/mol. The molecule has 2 heterocycles. The Morgan fingerprint density at radius 2 is 2.00 bits per heavy atom. The monoisotopic (exact) mass is 333 g/mol. The number of hydrogen-bond donors (Lipinski definition) is 0. The van der Waals surface area contributed by atoms with Gasteiger partial charge in [-0.1, -0.05) is 6.92 Å². The Balaban J connectivity index is 1.94. The summed E-state index contributed by atoms with van der Waals surface area (Å²) in [6.07, 6.45) is 1.74. The van der Waals surface area contributed by atoms with E-state index in [2.05, 4.69) is 21.7 Å². The van der Waals surface area contributed by atoms with E-state index in [1.54, 1.807) is 5.51 Å². The predicted octanol–water partition coefficient (Wildman–Crippen LogP) is 1.19.